The average Bonchev–Trinajstić information content (AvgIpc) is 2.61. The lowest BCUT2D eigenvalue weighted by molar-refractivity contribution is 0.164. The van der Waals surface area contributed by atoms with Crippen LogP contribution < -0.4 is 11.0 Å². The topological polar surface area (TPSA) is 70.0 Å². The Hall–Kier alpha value is -1.59. The third kappa shape index (κ3) is 2.88. The number of imidazole rings is 1. The fourth-order valence-electron chi connectivity index (χ4n) is 2.12. The molecule has 2 aromatic rings. The van der Waals surface area contributed by atoms with E-state index in [1.165, 1.54) is 4.57 Å². The Morgan fingerprint density at radius 3 is 2.74 bits per heavy atom. The van der Waals surface area contributed by atoms with Gasteiger partial charge in [-0.1, -0.05) is 12.1 Å². The molecule has 0 bridgehead atoms. The maximum absolute atomic E-state index is 11.6. The van der Waals surface area contributed by atoms with Crippen molar-refractivity contribution in [1.82, 2.24) is 14.9 Å². The number of nitrogens with one attached hydrogen (secondary N) is 2. The molecular formula is C14H21N3O2. The summed E-state index contributed by atoms with van der Waals surface area (Å²) in [6, 6.07) is 5.53. The first kappa shape index (κ1) is 13.8. The van der Waals surface area contributed by atoms with Gasteiger partial charge in [0.1, 0.15) is 0 Å². The van der Waals surface area contributed by atoms with Crippen molar-refractivity contribution >= 4 is 11.0 Å². The zero-order valence-corrected chi connectivity index (χ0v) is 11.8. The summed E-state index contributed by atoms with van der Waals surface area (Å²) in [7, 11) is 1.70. The van der Waals surface area contributed by atoms with Crippen LogP contribution in [-0.2, 0) is 7.05 Å². The number of para-hydroxylation sites is 1. The Morgan fingerprint density at radius 2 is 2.11 bits per heavy atom. The number of aliphatic hydroxyl groups is 1. The number of nitrogens with zero attached hydrogens (tertiary/aromatic N) is 1. The number of fused-ring (bicyclic) bond motifs is 1. The molecule has 1 aromatic heterocycles. The molecular weight excluding hydrogens is 242 g/mol. The van der Waals surface area contributed by atoms with Crippen LogP contribution in [0.2, 0.25) is 0 Å². The molecule has 0 amide bonds. The van der Waals surface area contributed by atoms with E-state index in [4.69, 9.17) is 0 Å². The summed E-state index contributed by atoms with van der Waals surface area (Å²) in [5.74, 6) is 0. The summed E-state index contributed by atoms with van der Waals surface area (Å²) < 4.78 is 1.53. The molecule has 1 aromatic carbocycles. The average molecular weight is 263 g/mol. The fraction of sp³-hybridized carbons (Fsp3) is 0.500. The van der Waals surface area contributed by atoms with Gasteiger partial charge in [-0.15, -0.1) is 0 Å². The lowest BCUT2D eigenvalue weighted by Crippen LogP contribution is -2.38. The molecule has 0 saturated heterocycles. The summed E-state index contributed by atoms with van der Waals surface area (Å²) in [6.07, 6.45) is -0.649. The molecule has 0 aliphatic heterocycles. The van der Waals surface area contributed by atoms with Crippen molar-refractivity contribution in [3.8, 4) is 0 Å². The molecule has 0 radical (unpaired) electrons. The van der Waals surface area contributed by atoms with E-state index in [-0.39, 0.29) is 11.2 Å². The highest BCUT2D eigenvalue weighted by atomic mass is 16.3. The lowest BCUT2D eigenvalue weighted by atomic mass is 10.0. The standard InChI is InChI=1S/C14H21N3O2/c1-14(2,3)15-8-11(18)9-6-5-7-10-12(9)17(4)13(19)16-10/h5-7,11,15,18H,8H2,1-4H3,(H,16,19)/t11-/m0/s1. The highest BCUT2D eigenvalue weighted by molar-refractivity contribution is 5.79. The van der Waals surface area contributed by atoms with Crippen molar-refractivity contribution in [2.75, 3.05) is 6.54 Å². The number of benzene rings is 1. The number of hydrogen-bond acceptors (Lipinski definition) is 3. The van der Waals surface area contributed by atoms with Crippen LogP contribution in [0.25, 0.3) is 11.0 Å². The number of aromatic nitrogens is 2. The first-order valence-corrected chi connectivity index (χ1v) is 6.40. The highest BCUT2D eigenvalue weighted by Crippen LogP contribution is 2.22. The number of hydrogen-bond donors (Lipinski definition) is 3. The molecule has 0 fully saturated rings. The first-order valence-electron chi connectivity index (χ1n) is 6.40. The van der Waals surface area contributed by atoms with Crippen LogP contribution in [0.15, 0.2) is 23.0 Å². The number of aryl methyl sites for hydroxylation is 1. The molecule has 0 spiro atoms. The van der Waals surface area contributed by atoms with Gasteiger partial charge in [-0.3, -0.25) is 4.57 Å². The second-order valence-electron chi connectivity index (χ2n) is 5.88. The maximum atomic E-state index is 11.6. The molecule has 5 nitrogen and oxygen atoms in total. The summed E-state index contributed by atoms with van der Waals surface area (Å²) in [5.41, 5.74) is 2.04. The van der Waals surface area contributed by atoms with Crippen LogP contribution in [0, 0.1) is 0 Å². The van der Waals surface area contributed by atoms with Gasteiger partial charge in [-0.05, 0) is 26.8 Å². The van der Waals surface area contributed by atoms with Gasteiger partial charge >= 0.3 is 5.69 Å². The van der Waals surface area contributed by atoms with E-state index < -0.39 is 6.10 Å². The fourth-order valence-corrected chi connectivity index (χ4v) is 2.12. The Kier molecular flexibility index (Phi) is 3.52. The van der Waals surface area contributed by atoms with E-state index in [1.807, 2.05) is 39.0 Å². The second-order valence-corrected chi connectivity index (χ2v) is 5.88. The molecule has 0 saturated carbocycles. The van der Waals surface area contributed by atoms with Gasteiger partial charge in [0.25, 0.3) is 0 Å². The van der Waals surface area contributed by atoms with Crippen molar-refractivity contribution < 1.29 is 5.11 Å². The van der Waals surface area contributed by atoms with E-state index in [1.54, 1.807) is 7.05 Å². The van der Waals surface area contributed by atoms with E-state index in [2.05, 4.69) is 10.3 Å². The minimum absolute atomic E-state index is 0.0566. The largest absolute Gasteiger partial charge is 0.387 e. The number of aromatic amines is 1. The molecule has 1 heterocycles. The monoisotopic (exact) mass is 263 g/mol. The zero-order chi connectivity index (χ0) is 14.2. The van der Waals surface area contributed by atoms with Crippen molar-refractivity contribution in [1.29, 1.82) is 0 Å². The molecule has 3 N–H and O–H groups in total. The maximum Gasteiger partial charge on any atom is 0.326 e. The number of rotatable bonds is 3. The molecule has 104 valence electrons. The van der Waals surface area contributed by atoms with Crippen LogP contribution in [-0.4, -0.2) is 26.7 Å². The van der Waals surface area contributed by atoms with E-state index in [0.29, 0.717) is 6.54 Å². The van der Waals surface area contributed by atoms with Gasteiger partial charge in [-0.2, -0.15) is 0 Å². The molecule has 5 heteroatoms. The molecule has 2 rings (SSSR count). The Morgan fingerprint density at radius 1 is 1.42 bits per heavy atom. The molecule has 0 aliphatic rings. The predicted molar refractivity (Wildman–Crippen MR) is 76.3 cm³/mol. The van der Waals surface area contributed by atoms with Crippen LogP contribution in [0.3, 0.4) is 0 Å². The summed E-state index contributed by atoms with van der Waals surface area (Å²) >= 11 is 0. The highest BCUT2D eigenvalue weighted by Gasteiger charge is 2.17. The predicted octanol–water partition coefficient (Wildman–Crippen LogP) is 1.29. The smallest absolute Gasteiger partial charge is 0.326 e. The second kappa shape index (κ2) is 4.83. The van der Waals surface area contributed by atoms with Crippen LogP contribution in [0.4, 0.5) is 0 Å². The molecule has 19 heavy (non-hydrogen) atoms. The third-order valence-corrected chi connectivity index (χ3v) is 3.13. The number of H-pyrrole nitrogens is 1. The quantitative estimate of drug-likeness (QED) is 0.781. The molecule has 0 aliphatic carbocycles. The van der Waals surface area contributed by atoms with Crippen LogP contribution in [0.1, 0.15) is 32.4 Å². The van der Waals surface area contributed by atoms with E-state index >= 15 is 0 Å². The SMILES string of the molecule is Cn1c(=O)[nH]c2cccc([C@@H](O)CNC(C)(C)C)c21. The normalized spacial score (nSPS) is 13.9. The summed E-state index contributed by atoms with van der Waals surface area (Å²) in [4.78, 5) is 14.4. The van der Waals surface area contributed by atoms with Crippen molar-refractivity contribution in [2.24, 2.45) is 7.05 Å². The van der Waals surface area contributed by atoms with Crippen LogP contribution in [0.5, 0.6) is 0 Å². The molecule has 1 atom stereocenters. The zero-order valence-electron chi connectivity index (χ0n) is 11.8. The summed E-state index contributed by atoms with van der Waals surface area (Å²) in [6.45, 7) is 6.59. The van der Waals surface area contributed by atoms with Gasteiger partial charge < -0.3 is 15.4 Å². The van der Waals surface area contributed by atoms with Gasteiger partial charge in [-0.25, -0.2) is 4.79 Å². The molecule has 0 unspecified atom stereocenters. The van der Waals surface area contributed by atoms with Gasteiger partial charge in [0.05, 0.1) is 17.1 Å². The van der Waals surface area contributed by atoms with Gasteiger partial charge in [0, 0.05) is 24.7 Å². The number of aliphatic hydroxyl groups excluding tert-OH is 1. The van der Waals surface area contributed by atoms with Crippen molar-refractivity contribution in [3.63, 3.8) is 0 Å². The first-order chi connectivity index (χ1) is 8.79. The lowest BCUT2D eigenvalue weighted by Gasteiger charge is -2.23. The van der Waals surface area contributed by atoms with Gasteiger partial charge in [0.2, 0.25) is 0 Å². The minimum Gasteiger partial charge on any atom is -0.387 e. The Labute approximate surface area is 112 Å². The number of β-amino-alcohol motifs (C(OH)–C–C–N with tert-alkyl or cyclic N) is 1. The van der Waals surface area contributed by atoms with E-state index in [9.17, 15) is 9.90 Å². The third-order valence-electron chi connectivity index (χ3n) is 3.13. The van der Waals surface area contributed by atoms with Crippen molar-refractivity contribution in [3.05, 3.63) is 34.2 Å². The van der Waals surface area contributed by atoms with Gasteiger partial charge in [0.15, 0.2) is 0 Å². The minimum atomic E-state index is -0.649. The Bertz CT molecular complexity index is 634. The van der Waals surface area contributed by atoms with Crippen molar-refractivity contribution in [2.45, 2.75) is 32.4 Å². The van der Waals surface area contributed by atoms with Crippen LogP contribution >= 0.6 is 0 Å². The van der Waals surface area contributed by atoms with E-state index in [0.717, 1.165) is 16.6 Å². The Balaban J connectivity index is 2.37. The summed E-state index contributed by atoms with van der Waals surface area (Å²) in [5, 5.41) is 13.6.